The Labute approximate surface area is 350 Å². The molecule has 0 spiro atoms. The number of fused-ring (bicyclic) bond motifs is 3. The quantitative estimate of drug-likeness (QED) is 0.121. The van der Waals surface area contributed by atoms with E-state index in [9.17, 15) is 24.6 Å². The maximum Gasteiger partial charge on any atom is 0.320 e. The topological polar surface area (TPSA) is 150 Å². The highest BCUT2D eigenvalue weighted by Crippen LogP contribution is 2.63. The molecule has 4 aliphatic rings. The average Bonchev–Trinajstić information content (AvgIpc) is 3.93. The molecule has 0 radical (unpaired) electrons. The Morgan fingerprint density at radius 3 is 2.48 bits per heavy atom. The van der Waals surface area contributed by atoms with Gasteiger partial charge in [-0.15, -0.1) is 0 Å². The third kappa shape index (κ3) is 7.85. The summed E-state index contributed by atoms with van der Waals surface area (Å²) in [5.74, 6) is -1.49. The van der Waals surface area contributed by atoms with Crippen LogP contribution in [0.25, 0.3) is 23.0 Å². The summed E-state index contributed by atoms with van der Waals surface area (Å²) in [7, 11) is 3.41. The van der Waals surface area contributed by atoms with Crippen molar-refractivity contribution in [2.45, 2.75) is 97.2 Å². The summed E-state index contributed by atoms with van der Waals surface area (Å²) in [5.41, 5.74) is 7.29. The number of halogens is 1. The fourth-order valence-corrected chi connectivity index (χ4v) is 10.5. The number of aliphatic carboxylic acids is 2. The standard InChI is InChI=1S/C47H55FN6O6/c1-29-31(23-35(48)37-24-41(60-4)32(25-49-37)26-54-20-6-5-13-40(54)44(56)57)9-7-10-33(29)34-11-8-12-36(30(34)2)51-43(55)42-50-38-27-53(21-14-39(38)52(42)3)22-19-46-15-17-47(28-46,18-16-46)45(58)59/h7-12,23-25,40H,5-6,13-22,26-28H2,1-4H3,(H,51,55)(H,56,57)(H,58,59)/b35-23-/t40-,46?,47?/m0/s1. The first-order valence-electron chi connectivity index (χ1n) is 21.2. The van der Waals surface area contributed by atoms with E-state index in [1.807, 2.05) is 66.8 Å². The van der Waals surface area contributed by atoms with E-state index in [-0.39, 0.29) is 17.0 Å². The number of anilines is 1. The monoisotopic (exact) mass is 818 g/mol. The molecule has 8 rings (SSSR count). The van der Waals surface area contributed by atoms with Crippen molar-refractivity contribution in [1.29, 1.82) is 0 Å². The van der Waals surface area contributed by atoms with E-state index in [2.05, 4.69) is 15.2 Å². The summed E-state index contributed by atoms with van der Waals surface area (Å²) in [4.78, 5) is 51.2. The first-order chi connectivity index (χ1) is 28.8. The van der Waals surface area contributed by atoms with E-state index < -0.39 is 29.2 Å². The van der Waals surface area contributed by atoms with E-state index in [1.165, 1.54) is 13.2 Å². The second-order valence-electron chi connectivity index (χ2n) is 17.6. The number of nitrogens with zero attached hydrogens (tertiary/aromatic N) is 5. The number of carboxylic acids is 2. The van der Waals surface area contributed by atoms with Gasteiger partial charge in [-0.1, -0.05) is 36.8 Å². The van der Waals surface area contributed by atoms with Gasteiger partial charge in [0.15, 0.2) is 5.82 Å². The van der Waals surface area contributed by atoms with Crippen LogP contribution in [0, 0.1) is 24.7 Å². The molecule has 2 saturated carbocycles. The van der Waals surface area contributed by atoms with Crippen molar-refractivity contribution in [3.8, 4) is 16.9 Å². The Kier molecular flexibility index (Phi) is 11.4. The number of piperidine rings is 1. The first-order valence-corrected chi connectivity index (χ1v) is 21.2. The molecule has 3 N–H and O–H groups in total. The fraction of sp³-hybridized carbons (Fsp3) is 0.468. The highest BCUT2D eigenvalue weighted by Gasteiger charge is 2.57. The number of amides is 1. The van der Waals surface area contributed by atoms with Crippen LogP contribution in [0.3, 0.4) is 0 Å². The Bertz CT molecular complexity index is 2360. The van der Waals surface area contributed by atoms with E-state index in [4.69, 9.17) is 9.72 Å². The van der Waals surface area contributed by atoms with Gasteiger partial charge in [-0.2, -0.15) is 0 Å². The van der Waals surface area contributed by atoms with Crippen LogP contribution in [-0.2, 0) is 36.1 Å². The number of carbonyl (C=O) groups is 3. The molecule has 2 aromatic heterocycles. The summed E-state index contributed by atoms with van der Waals surface area (Å²) in [6.07, 6.45) is 11.6. The number of imidazole rings is 1. The van der Waals surface area contributed by atoms with Gasteiger partial charge in [0.1, 0.15) is 23.3 Å². The van der Waals surface area contributed by atoms with Gasteiger partial charge in [-0.05, 0) is 124 Å². The van der Waals surface area contributed by atoms with Crippen LogP contribution < -0.4 is 10.1 Å². The molecule has 12 nitrogen and oxygen atoms in total. The van der Waals surface area contributed by atoms with Crippen molar-refractivity contribution < 1.29 is 33.7 Å². The number of likely N-dealkylation sites (tertiary alicyclic amines) is 1. The van der Waals surface area contributed by atoms with Gasteiger partial charge in [-0.25, -0.2) is 9.37 Å². The minimum atomic E-state index is -0.843. The fourth-order valence-electron chi connectivity index (χ4n) is 10.5. The smallest absolute Gasteiger partial charge is 0.320 e. The van der Waals surface area contributed by atoms with Crippen molar-refractivity contribution in [3.05, 3.63) is 93.8 Å². The van der Waals surface area contributed by atoms with Crippen LogP contribution in [0.4, 0.5) is 10.1 Å². The molecular formula is C47H55FN6O6. The molecule has 60 heavy (non-hydrogen) atoms. The number of pyridine rings is 1. The van der Waals surface area contributed by atoms with Crippen LogP contribution in [-0.4, -0.2) is 85.2 Å². The number of hydrogen-bond acceptors (Lipinski definition) is 8. The lowest BCUT2D eigenvalue weighted by atomic mass is 9.80. The van der Waals surface area contributed by atoms with Gasteiger partial charge < -0.3 is 24.8 Å². The zero-order valence-corrected chi connectivity index (χ0v) is 35.0. The molecule has 2 aliphatic heterocycles. The van der Waals surface area contributed by atoms with Crippen molar-refractivity contribution >= 4 is 35.4 Å². The SMILES string of the molecule is COc1cc(/C(F)=C/c2cccc(-c3cccc(NC(=O)c4nc5c(n4C)CCN(CCC46CCC(C(=O)O)(CC4)C6)C5)c3C)c2C)ncc1CN1CCCC[C@H]1C(=O)O. The Morgan fingerprint density at radius 1 is 1.02 bits per heavy atom. The van der Waals surface area contributed by atoms with Crippen LogP contribution in [0.5, 0.6) is 5.75 Å². The number of hydrogen-bond donors (Lipinski definition) is 3. The van der Waals surface area contributed by atoms with Gasteiger partial charge in [0.2, 0.25) is 0 Å². The third-order valence-corrected chi connectivity index (χ3v) is 14.1. The zero-order chi connectivity index (χ0) is 42.3. The van der Waals surface area contributed by atoms with Crippen LogP contribution in [0.1, 0.15) is 108 Å². The molecule has 1 saturated heterocycles. The number of carboxylic acid groups (broad SMARTS) is 2. The van der Waals surface area contributed by atoms with Gasteiger partial charge in [0, 0.05) is 62.3 Å². The number of ether oxygens (including phenoxy) is 1. The summed E-state index contributed by atoms with van der Waals surface area (Å²) in [5, 5.41) is 22.7. The number of methoxy groups -OCH3 is 1. The molecule has 3 fully saturated rings. The molecule has 13 heteroatoms. The third-order valence-electron chi connectivity index (χ3n) is 14.1. The molecule has 1 atom stereocenters. The van der Waals surface area contributed by atoms with E-state index >= 15 is 4.39 Å². The normalized spacial score (nSPS) is 23.1. The minimum Gasteiger partial charge on any atom is -0.496 e. The lowest BCUT2D eigenvalue weighted by Crippen LogP contribution is -2.44. The predicted molar refractivity (Wildman–Crippen MR) is 227 cm³/mol. The van der Waals surface area contributed by atoms with Crippen molar-refractivity contribution in [1.82, 2.24) is 24.3 Å². The van der Waals surface area contributed by atoms with Crippen molar-refractivity contribution in [2.75, 3.05) is 32.1 Å². The maximum absolute atomic E-state index is 15.9. The van der Waals surface area contributed by atoms with Gasteiger partial charge in [-0.3, -0.25) is 29.2 Å². The summed E-state index contributed by atoms with van der Waals surface area (Å²) in [6, 6.07) is 12.5. The summed E-state index contributed by atoms with van der Waals surface area (Å²) >= 11 is 0. The average molecular weight is 819 g/mol. The van der Waals surface area contributed by atoms with E-state index in [1.54, 1.807) is 12.3 Å². The molecule has 4 aromatic rings. The number of benzene rings is 2. The molecule has 1 amide bonds. The van der Waals surface area contributed by atoms with Crippen LogP contribution >= 0.6 is 0 Å². The number of nitrogens with one attached hydrogen (secondary N) is 1. The number of rotatable bonds is 13. The molecule has 2 bridgehead atoms. The predicted octanol–water partition coefficient (Wildman–Crippen LogP) is 8.05. The zero-order valence-electron chi connectivity index (χ0n) is 35.0. The highest BCUT2D eigenvalue weighted by atomic mass is 19.1. The van der Waals surface area contributed by atoms with Crippen molar-refractivity contribution in [3.63, 3.8) is 0 Å². The molecule has 0 unspecified atom stereocenters. The second kappa shape index (κ2) is 16.6. The second-order valence-corrected chi connectivity index (χ2v) is 17.6. The van der Waals surface area contributed by atoms with Gasteiger partial charge in [0.25, 0.3) is 5.91 Å². The molecule has 4 heterocycles. The van der Waals surface area contributed by atoms with E-state index in [0.717, 1.165) is 105 Å². The van der Waals surface area contributed by atoms with Gasteiger partial charge >= 0.3 is 11.9 Å². The molecule has 2 aliphatic carbocycles. The Morgan fingerprint density at radius 2 is 1.77 bits per heavy atom. The minimum absolute atomic E-state index is 0.115. The van der Waals surface area contributed by atoms with Gasteiger partial charge in [0.05, 0.1) is 18.2 Å². The number of aromatic nitrogens is 3. The lowest BCUT2D eigenvalue weighted by Gasteiger charge is -2.33. The van der Waals surface area contributed by atoms with Crippen LogP contribution in [0.2, 0.25) is 0 Å². The Hall–Kier alpha value is -5.40. The van der Waals surface area contributed by atoms with Crippen LogP contribution in [0.15, 0.2) is 48.7 Å². The largest absolute Gasteiger partial charge is 0.496 e. The maximum atomic E-state index is 15.9. The molecular weight excluding hydrogens is 764 g/mol. The lowest BCUT2D eigenvalue weighted by molar-refractivity contribution is -0.148. The molecule has 316 valence electrons. The summed E-state index contributed by atoms with van der Waals surface area (Å²) in [6.45, 7) is 7.36. The Balaban J connectivity index is 0.949. The first kappa shape index (κ1) is 41.3. The highest BCUT2D eigenvalue weighted by molar-refractivity contribution is 6.03. The summed E-state index contributed by atoms with van der Waals surface area (Å²) < 4.78 is 23.5. The van der Waals surface area contributed by atoms with Crippen molar-refractivity contribution in [2.24, 2.45) is 17.9 Å². The molecule has 2 aromatic carbocycles. The number of carbonyl (C=O) groups excluding carboxylic acids is 1. The van der Waals surface area contributed by atoms with E-state index in [0.29, 0.717) is 54.4 Å².